The van der Waals surface area contributed by atoms with Crippen LogP contribution in [0, 0.1) is 6.92 Å². The van der Waals surface area contributed by atoms with E-state index >= 15 is 0 Å². The van der Waals surface area contributed by atoms with Crippen molar-refractivity contribution in [3.63, 3.8) is 0 Å². The average Bonchev–Trinajstić information content (AvgIpc) is 3.19. The molecule has 0 aliphatic carbocycles. The van der Waals surface area contributed by atoms with Crippen molar-refractivity contribution in [1.82, 2.24) is 24.0 Å². The summed E-state index contributed by atoms with van der Waals surface area (Å²) in [6.45, 7) is 6.64. The highest BCUT2D eigenvalue weighted by atomic mass is 35.5. The van der Waals surface area contributed by atoms with Crippen molar-refractivity contribution in [1.29, 1.82) is 0 Å². The van der Waals surface area contributed by atoms with Gasteiger partial charge in [0.25, 0.3) is 5.56 Å². The first-order chi connectivity index (χ1) is 16.4. The molecule has 0 bridgehead atoms. The number of hydrogen-bond acceptors (Lipinski definition) is 5. The molecule has 3 heterocycles. The van der Waals surface area contributed by atoms with Crippen LogP contribution in [0.5, 0.6) is 0 Å². The smallest absolute Gasteiger partial charge is 0.329 e. The van der Waals surface area contributed by atoms with E-state index in [2.05, 4.69) is 39.9 Å². The zero-order valence-electron chi connectivity index (χ0n) is 19.3. The van der Waals surface area contributed by atoms with Crippen LogP contribution in [0.1, 0.15) is 16.7 Å². The molecular formula is C25H27ClN6O2. The summed E-state index contributed by atoms with van der Waals surface area (Å²) in [6.07, 6.45) is 0. The quantitative estimate of drug-likeness (QED) is 0.477. The first kappa shape index (κ1) is 22.4. The summed E-state index contributed by atoms with van der Waals surface area (Å²) in [5, 5.41) is 0.747. The number of H-pyrrole nitrogens is 1. The minimum Gasteiger partial charge on any atom is -0.340 e. The van der Waals surface area contributed by atoms with Crippen LogP contribution in [0.25, 0.3) is 11.2 Å². The van der Waals surface area contributed by atoms with Gasteiger partial charge in [-0.1, -0.05) is 48.0 Å². The molecule has 0 atom stereocenters. The number of aromatic nitrogens is 4. The van der Waals surface area contributed by atoms with Gasteiger partial charge in [0.2, 0.25) is 5.95 Å². The van der Waals surface area contributed by atoms with Crippen molar-refractivity contribution in [2.24, 2.45) is 7.05 Å². The molecule has 0 unspecified atom stereocenters. The Labute approximate surface area is 202 Å². The van der Waals surface area contributed by atoms with Crippen molar-refractivity contribution >= 4 is 28.7 Å². The molecule has 0 spiro atoms. The van der Waals surface area contributed by atoms with Gasteiger partial charge in [-0.15, -0.1) is 0 Å². The van der Waals surface area contributed by atoms with Gasteiger partial charge in [0.1, 0.15) is 0 Å². The molecule has 1 fully saturated rings. The standard InChI is InChI=1S/C25H27ClN6O2/c1-17-6-3-4-8-19(17)16-32-21-22(29(2)25(34)28-23(21)33)27-24(32)31-12-10-30(11-13-31)15-18-7-5-9-20(26)14-18/h3-9,14H,10-13,15-16H2,1-2H3,(H,28,33,34). The van der Waals surface area contributed by atoms with Crippen LogP contribution >= 0.6 is 11.6 Å². The summed E-state index contributed by atoms with van der Waals surface area (Å²) >= 11 is 6.15. The van der Waals surface area contributed by atoms with Crippen LogP contribution < -0.4 is 16.1 Å². The number of piperazine rings is 1. The predicted molar refractivity (Wildman–Crippen MR) is 135 cm³/mol. The van der Waals surface area contributed by atoms with Crippen LogP contribution in [0.15, 0.2) is 58.1 Å². The second kappa shape index (κ2) is 9.12. The van der Waals surface area contributed by atoms with Crippen molar-refractivity contribution < 1.29 is 0 Å². The second-order valence-electron chi connectivity index (χ2n) is 8.81. The monoisotopic (exact) mass is 478 g/mol. The van der Waals surface area contributed by atoms with Crippen molar-refractivity contribution in [2.75, 3.05) is 31.1 Å². The number of rotatable bonds is 5. The number of aromatic amines is 1. The van der Waals surface area contributed by atoms with Gasteiger partial charge in [0.05, 0.1) is 6.54 Å². The van der Waals surface area contributed by atoms with Gasteiger partial charge in [-0.2, -0.15) is 4.98 Å². The van der Waals surface area contributed by atoms with E-state index < -0.39 is 11.2 Å². The van der Waals surface area contributed by atoms with Gasteiger partial charge in [0.15, 0.2) is 11.2 Å². The molecule has 0 saturated carbocycles. The van der Waals surface area contributed by atoms with Gasteiger partial charge < -0.3 is 4.90 Å². The Morgan fingerprint density at radius 1 is 1.00 bits per heavy atom. The molecule has 176 valence electrons. The lowest BCUT2D eigenvalue weighted by Gasteiger charge is -2.35. The number of fused-ring (bicyclic) bond motifs is 1. The second-order valence-corrected chi connectivity index (χ2v) is 9.24. The van der Waals surface area contributed by atoms with E-state index in [-0.39, 0.29) is 0 Å². The lowest BCUT2D eigenvalue weighted by molar-refractivity contribution is 0.248. The summed E-state index contributed by atoms with van der Waals surface area (Å²) in [7, 11) is 1.64. The average molecular weight is 479 g/mol. The minimum absolute atomic E-state index is 0.402. The number of hydrogen-bond donors (Lipinski definition) is 1. The number of nitrogens with zero attached hydrogens (tertiary/aromatic N) is 5. The molecule has 1 aliphatic rings. The molecule has 0 amide bonds. The maximum absolute atomic E-state index is 12.9. The molecule has 1 saturated heterocycles. The fraction of sp³-hybridized carbons (Fsp3) is 0.320. The Hall–Kier alpha value is -3.36. The Morgan fingerprint density at radius 3 is 2.50 bits per heavy atom. The van der Waals surface area contributed by atoms with Crippen molar-refractivity contribution in [2.45, 2.75) is 20.0 Å². The molecule has 1 N–H and O–H groups in total. The SMILES string of the molecule is Cc1ccccc1Cn1c(N2CCN(Cc3cccc(Cl)c3)CC2)nc2c1c(=O)[nH]c(=O)n2C. The van der Waals surface area contributed by atoms with E-state index in [4.69, 9.17) is 16.6 Å². The molecule has 8 nitrogen and oxygen atoms in total. The maximum Gasteiger partial charge on any atom is 0.329 e. The lowest BCUT2D eigenvalue weighted by atomic mass is 10.1. The van der Waals surface area contributed by atoms with E-state index in [9.17, 15) is 9.59 Å². The Kier molecular flexibility index (Phi) is 6.02. The highest BCUT2D eigenvalue weighted by Gasteiger charge is 2.25. The lowest BCUT2D eigenvalue weighted by Crippen LogP contribution is -2.47. The zero-order chi connectivity index (χ0) is 23.8. The van der Waals surface area contributed by atoms with E-state index in [0.29, 0.717) is 23.7 Å². The van der Waals surface area contributed by atoms with Gasteiger partial charge in [0, 0.05) is 44.8 Å². The third-order valence-electron chi connectivity index (χ3n) is 6.53. The summed E-state index contributed by atoms with van der Waals surface area (Å²) in [6, 6.07) is 16.1. The summed E-state index contributed by atoms with van der Waals surface area (Å²) in [4.78, 5) is 36.9. The first-order valence-electron chi connectivity index (χ1n) is 11.4. The van der Waals surface area contributed by atoms with Crippen LogP contribution in [0.2, 0.25) is 5.02 Å². The van der Waals surface area contributed by atoms with Crippen LogP contribution in [0.4, 0.5) is 5.95 Å². The molecule has 4 aromatic rings. The number of aryl methyl sites for hydroxylation is 2. The molecular weight excluding hydrogens is 452 g/mol. The normalized spacial score (nSPS) is 14.7. The van der Waals surface area contributed by atoms with Crippen LogP contribution in [0.3, 0.4) is 0 Å². The third kappa shape index (κ3) is 4.26. The number of benzene rings is 2. The van der Waals surface area contributed by atoms with E-state index in [0.717, 1.165) is 48.9 Å². The fourth-order valence-corrected chi connectivity index (χ4v) is 4.78. The van der Waals surface area contributed by atoms with Crippen LogP contribution in [-0.2, 0) is 20.1 Å². The van der Waals surface area contributed by atoms with Crippen molar-refractivity contribution in [3.8, 4) is 0 Å². The number of nitrogens with one attached hydrogen (secondary N) is 1. The minimum atomic E-state index is -0.462. The predicted octanol–water partition coefficient (Wildman–Crippen LogP) is 2.76. The van der Waals surface area contributed by atoms with Crippen LogP contribution in [-0.4, -0.2) is 50.2 Å². The summed E-state index contributed by atoms with van der Waals surface area (Å²) < 4.78 is 3.35. The Balaban J connectivity index is 1.47. The van der Waals surface area contributed by atoms with E-state index in [1.807, 2.05) is 34.9 Å². The zero-order valence-corrected chi connectivity index (χ0v) is 20.0. The molecule has 9 heteroatoms. The van der Waals surface area contributed by atoms with Gasteiger partial charge in [-0.25, -0.2) is 4.79 Å². The molecule has 0 radical (unpaired) electrons. The van der Waals surface area contributed by atoms with E-state index in [1.165, 1.54) is 10.1 Å². The molecule has 34 heavy (non-hydrogen) atoms. The summed E-state index contributed by atoms with van der Waals surface area (Å²) in [5.41, 5.74) is 3.38. The van der Waals surface area contributed by atoms with E-state index in [1.54, 1.807) is 7.05 Å². The highest BCUT2D eigenvalue weighted by molar-refractivity contribution is 6.30. The molecule has 2 aromatic heterocycles. The van der Waals surface area contributed by atoms with Gasteiger partial charge in [-0.3, -0.25) is 23.8 Å². The molecule has 2 aromatic carbocycles. The first-order valence-corrected chi connectivity index (χ1v) is 11.7. The number of anilines is 1. The third-order valence-corrected chi connectivity index (χ3v) is 6.76. The largest absolute Gasteiger partial charge is 0.340 e. The van der Waals surface area contributed by atoms with Gasteiger partial charge in [-0.05, 0) is 35.7 Å². The topological polar surface area (TPSA) is 79.2 Å². The highest BCUT2D eigenvalue weighted by Crippen LogP contribution is 2.24. The maximum atomic E-state index is 12.9. The van der Waals surface area contributed by atoms with Gasteiger partial charge >= 0.3 is 5.69 Å². The summed E-state index contributed by atoms with van der Waals surface area (Å²) in [5.74, 6) is 0.715. The molecule has 5 rings (SSSR count). The number of halogens is 1. The Morgan fingerprint density at radius 2 is 1.76 bits per heavy atom. The fourth-order valence-electron chi connectivity index (χ4n) is 4.57. The van der Waals surface area contributed by atoms with Crippen molar-refractivity contribution in [3.05, 3.63) is 91.1 Å². The molecule has 1 aliphatic heterocycles. The Bertz CT molecular complexity index is 1460. The number of imidazole rings is 1.